The van der Waals surface area contributed by atoms with Crippen molar-refractivity contribution in [2.45, 2.75) is 20.3 Å². The van der Waals surface area contributed by atoms with Gasteiger partial charge in [-0.2, -0.15) is 5.10 Å². The second-order valence-electron chi connectivity index (χ2n) is 3.82. The van der Waals surface area contributed by atoms with Gasteiger partial charge in [0.05, 0.1) is 0 Å². The maximum Gasteiger partial charge on any atom is 0.257 e. The third-order valence-electron chi connectivity index (χ3n) is 2.10. The molecule has 0 fully saturated rings. The van der Waals surface area contributed by atoms with Crippen molar-refractivity contribution in [3.63, 3.8) is 0 Å². The van der Waals surface area contributed by atoms with Gasteiger partial charge in [-0.05, 0) is 12.0 Å². The number of rotatable bonds is 2. The largest absolute Gasteiger partial charge is 0.269 e. The molecule has 14 heavy (non-hydrogen) atoms. The fourth-order valence-electron chi connectivity index (χ4n) is 1.52. The molecule has 1 N–H and O–H groups in total. The molecule has 0 unspecified atom stereocenters. The van der Waals surface area contributed by atoms with E-state index in [1.165, 1.54) is 0 Å². The summed E-state index contributed by atoms with van der Waals surface area (Å²) in [5.74, 6) is 1.30. The van der Waals surface area contributed by atoms with E-state index in [0.29, 0.717) is 5.92 Å². The average molecular weight is 191 g/mol. The molecule has 0 spiro atoms. The molecule has 0 amide bonds. The molecule has 0 saturated carbocycles. The third kappa shape index (κ3) is 1.43. The molecule has 0 saturated heterocycles. The van der Waals surface area contributed by atoms with E-state index in [2.05, 4.69) is 24.0 Å². The SMILES string of the molecule is CC(C)Cc1n[nH]c2cccc(=O)n12. The van der Waals surface area contributed by atoms with Crippen LogP contribution >= 0.6 is 0 Å². The monoisotopic (exact) mass is 191 g/mol. The lowest BCUT2D eigenvalue weighted by molar-refractivity contribution is 0.614. The lowest BCUT2D eigenvalue weighted by Gasteiger charge is -2.01. The molecule has 2 aromatic heterocycles. The van der Waals surface area contributed by atoms with Crippen LogP contribution in [0.1, 0.15) is 19.7 Å². The van der Waals surface area contributed by atoms with Crippen molar-refractivity contribution < 1.29 is 0 Å². The van der Waals surface area contributed by atoms with Gasteiger partial charge in [-0.15, -0.1) is 0 Å². The van der Waals surface area contributed by atoms with E-state index in [-0.39, 0.29) is 5.56 Å². The molecule has 2 rings (SSSR count). The number of aromatic amines is 1. The van der Waals surface area contributed by atoms with Gasteiger partial charge >= 0.3 is 0 Å². The van der Waals surface area contributed by atoms with Crippen LogP contribution in [0.2, 0.25) is 0 Å². The molecule has 0 bridgehead atoms. The topological polar surface area (TPSA) is 50.2 Å². The fraction of sp³-hybridized carbons (Fsp3) is 0.400. The summed E-state index contributed by atoms with van der Waals surface area (Å²) in [5.41, 5.74) is 0.736. The van der Waals surface area contributed by atoms with Crippen molar-refractivity contribution in [2.75, 3.05) is 0 Å². The summed E-state index contributed by atoms with van der Waals surface area (Å²) < 4.78 is 1.62. The van der Waals surface area contributed by atoms with Gasteiger partial charge < -0.3 is 0 Å². The lowest BCUT2D eigenvalue weighted by atomic mass is 10.1. The Balaban J connectivity index is 2.61. The van der Waals surface area contributed by atoms with Crippen LogP contribution in [0.3, 0.4) is 0 Å². The van der Waals surface area contributed by atoms with Crippen LogP contribution in [0.4, 0.5) is 0 Å². The number of hydrogen-bond acceptors (Lipinski definition) is 2. The highest BCUT2D eigenvalue weighted by Crippen LogP contribution is 2.05. The molecular formula is C10H13N3O. The van der Waals surface area contributed by atoms with E-state index in [1.54, 1.807) is 16.5 Å². The lowest BCUT2D eigenvalue weighted by Crippen LogP contribution is -2.14. The zero-order chi connectivity index (χ0) is 10.1. The second kappa shape index (κ2) is 3.29. The van der Waals surface area contributed by atoms with Gasteiger partial charge in [0.2, 0.25) is 0 Å². The highest BCUT2D eigenvalue weighted by molar-refractivity contribution is 5.37. The van der Waals surface area contributed by atoms with Crippen LogP contribution in [0.5, 0.6) is 0 Å². The van der Waals surface area contributed by atoms with E-state index in [0.717, 1.165) is 17.9 Å². The van der Waals surface area contributed by atoms with Crippen LogP contribution in [-0.2, 0) is 6.42 Å². The average Bonchev–Trinajstić information content (AvgIpc) is 2.49. The van der Waals surface area contributed by atoms with Crippen molar-refractivity contribution >= 4 is 5.65 Å². The predicted molar refractivity (Wildman–Crippen MR) is 54.4 cm³/mol. The predicted octanol–water partition coefficient (Wildman–Crippen LogP) is 1.22. The van der Waals surface area contributed by atoms with Gasteiger partial charge in [0.15, 0.2) is 0 Å². The molecular weight excluding hydrogens is 178 g/mol. The summed E-state index contributed by atoms with van der Waals surface area (Å²) in [7, 11) is 0. The Hall–Kier alpha value is -1.58. The minimum atomic E-state index is -0.0214. The van der Waals surface area contributed by atoms with Crippen molar-refractivity contribution in [2.24, 2.45) is 5.92 Å². The normalized spacial score (nSPS) is 11.4. The molecule has 0 aromatic carbocycles. The number of pyridine rings is 1. The maximum atomic E-state index is 11.5. The van der Waals surface area contributed by atoms with E-state index in [9.17, 15) is 4.79 Å². The van der Waals surface area contributed by atoms with E-state index < -0.39 is 0 Å². The quantitative estimate of drug-likeness (QED) is 0.776. The minimum Gasteiger partial charge on any atom is -0.269 e. The number of fused-ring (bicyclic) bond motifs is 1. The highest BCUT2D eigenvalue weighted by Gasteiger charge is 2.07. The molecule has 74 valence electrons. The molecule has 0 radical (unpaired) electrons. The van der Waals surface area contributed by atoms with Crippen LogP contribution in [0.15, 0.2) is 23.0 Å². The van der Waals surface area contributed by atoms with Crippen molar-refractivity contribution in [3.05, 3.63) is 34.4 Å². The van der Waals surface area contributed by atoms with Crippen molar-refractivity contribution in [1.82, 2.24) is 14.6 Å². The first-order valence-corrected chi connectivity index (χ1v) is 4.73. The summed E-state index contributed by atoms with van der Waals surface area (Å²) >= 11 is 0. The van der Waals surface area contributed by atoms with Gasteiger partial charge in [0, 0.05) is 12.5 Å². The Bertz CT molecular complexity index is 495. The van der Waals surface area contributed by atoms with Crippen molar-refractivity contribution in [3.8, 4) is 0 Å². The summed E-state index contributed by atoms with van der Waals surface area (Å²) in [6.45, 7) is 4.21. The zero-order valence-corrected chi connectivity index (χ0v) is 8.32. The first-order valence-electron chi connectivity index (χ1n) is 4.73. The van der Waals surface area contributed by atoms with Gasteiger partial charge in [-0.3, -0.25) is 9.89 Å². The first kappa shape index (κ1) is 8.99. The van der Waals surface area contributed by atoms with Gasteiger partial charge in [0.25, 0.3) is 5.56 Å². The molecule has 0 aliphatic rings. The molecule has 2 heterocycles. The third-order valence-corrected chi connectivity index (χ3v) is 2.10. The van der Waals surface area contributed by atoms with Gasteiger partial charge in [0.1, 0.15) is 11.5 Å². The standard InChI is InChI=1S/C10H13N3O/c1-7(2)6-9-12-11-8-4-3-5-10(14)13(8)9/h3-5,7,11H,6H2,1-2H3. The fourth-order valence-corrected chi connectivity index (χ4v) is 1.52. The Labute approximate surface area is 81.6 Å². The zero-order valence-electron chi connectivity index (χ0n) is 8.32. The smallest absolute Gasteiger partial charge is 0.257 e. The van der Waals surface area contributed by atoms with Gasteiger partial charge in [-0.25, -0.2) is 4.40 Å². The molecule has 2 aromatic rings. The van der Waals surface area contributed by atoms with Crippen LogP contribution in [0, 0.1) is 5.92 Å². The van der Waals surface area contributed by atoms with Gasteiger partial charge in [-0.1, -0.05) is 19.9 Å². The number of aromatic nitrogens is 3. The number of H-pyrrole nitrogens is 1. The molecule has 4 heteroatoms. The van der Waals surface area contributed by atoms with E-state index >= 15 is 0 Å². The number of hydrogen-bond donors (Lipinski definition) is 1. The van der Waals surface area contributed by atoms with Crippen LogP contribution in [-0.4, -0.2) is 14.6 Å². The van der Waals surface area contributed by atoms with E-state index in [1.807, 2.05) is 6.07 Å². The molecule has 4 nitrogen and oxygen atoms in total. The first-order chi connectivity index (χ1) is 6.68. The Morgan fingerprint density at radius 1 is 1.50 bits per heavy atom. The minimum absolute atomic E-state index is 0.0214. The Kier molecular flexibility index (Phi) is 2.11. The maximum absolute atomic E-state index is 11.5. The van der Waals surface area contributed by atoms with Crippen LogP contribution in [0.25, 0.3) is 5.65 Å². The summed E-state index contributed by atoms with van der Waals surface area (Å²) in [6.07, 6.45) is 0.809. The van der Waals surface area contributed by atoms with E-state index in [4.69, 9.17) is 0 Å². The van der Waals surface area contributed by atoms with Crippen LogP contribution < -0.4 is 5.56 Å². The number of nitrogens with zero attached hydrogens (tertiary/aromatic N) is 2. The highest BCUT2D eigenvalue weighted by atomic mass is 16.1. The molecule has 0 atom stereocenters. The molecule has 0 aliphatic carbocycles. The second-order valence-corrected chi connectivity index (χ2v) is 3.82. The summed E-state index contributed by atoms with van der Waals surface area (Å²) in [6, 6.07) is 5.12. The number of nitrogens with one attached hydrogen (secondary N) is 1. The Morgan fingerprint density at radius 3 is 3.00 bits per heavy atom. The summed E-state index contributed by atoms with van der Waals surface area (Å²) in [5, 5.41) is 6.98. The Morgan fingerprint density at radius 2 is 2.29 bits per heavy atom. The molecule has 0 aliphatic heterocycles. The summed E-state index contributed by atoms with van der Waals surface area (Å²) in [4.78, 5) is 11.5. The van der Waals surface area contributed by atoms with Crippen molar-refractivity contribution in [1.29, 1.82) is 0 Å².